The van der Waals surface area contributed by atoms with Crippen molar-refractivity contribution in [2.45, 2.75) is 95.4 Å². The molecule has 0 heterocycles. The zero-order valence-corrected chi connectivity index (χ0v) is 14.2. The second-order valence-corrected chi connectivity index (χ2v) is 8.17. The molecular formula is C17H32N2O3. The molecule has 2 rings (SSSR count). The Balaban J connectivity index is 1.87. The quantitative estimate of drug-likeness (QED) is 0.732. The molecule has 1 unspecified atom stereocenters. The molecule has 0 bridgehead atoms. The monoisotopic (exact) mass is 312 g/mol. The number of amides is 1. The SMILES string of the molecule is CC(C)(C)OC(=O)N[C@@H]1CCCC(C2(N)CCC(O)CC2)C1. The van der Waals surface area contributed by atoms with Gasteiger partial charge in [-0.05, 0) is 71.6 Å². The van der Waals surface area contributed by atoms with Gasteiger partial charge >= 0.3 is 6.09 Å². The lowest BCUT2D eigenvalue weighted by Crippen LogP contribution is -2.54. The van der Waals surface area contributed by atoms with Crippen LogP contribution in [0.5, 0.6) is 0 Å². The Kier molecular flexibility index (Phi) is 5.38. The highest BCUT2D eigenvalue weighted by molar-refractivity contribution is 5.68. The van der Waals surface area contributed by atoms with E-state index in [-0.39, 0.29) is 23.8 Å². The highest BCUT2D eigenvalue weighted by Crippen LogP contribution is 2.40. The molecule has 2 saturated carbocycles. The Hall–Kier alpha value is -0.810. The fourth-order valence-electron chi connectivity index (χ4n) is 3.87. The van der Waals surface area contributed by atoms with Crippen molar-refractivity contribution < 1.29 is 14.6 Å². The molecule has 2 aliphatic rings. The molecule has 1 amide bonds. The van der Waals surface area contributed by atoms with Crippen LogP contribution in [0.25, 0.3) is 0 Å². The third kappa shape index (κ3) is 4.85. The molecule has 0 spiro atoms. The summed E-state index contributed by atoms with van der Waals surface area (Å²) in [5.74, 6) is 0.425. The van der Waals surface area contributed by atoms with E-state index in [9.17, 15) is 9.90 Å². The number of hydrogen-bond acceptors (Lipinski definition) is 4. The number of aliphatic hydroxyl groups is 1. The minimum Gasteiger partial charge on any atom is -0.444 e. The van der Waals surface area contributed by atoms with Gasteiger partial charge in [-0.2, -0.15) is 0 Å². The summed E-state index contributed by atoms with van der Waals surface area (Å²) in [7, 11) is 0. The molecule has 22 heavy (non-hydrogen) atoms. The van der Waals surface area contributed by atoms with Crippen molar-refractivity contribution in [3.05, 3.63) is 0 Å². The van der Waals surface area contributed by atoms with Gasteiger partial charge in [0.1, 0.15) is 5.60 Å². The van der Waals surface area contributed by atoms with Crippen molar-refractivity contribution in [1.82, 2.24) is 5.32 Å². The van der Waals surface area contributed by atoms with Crippen LogP contribution in [0.15, 0.2) is 0 Å². The summed E-state index contributed by atoms with van der Waals surface area (Å²) in [4.78, 5) is 11.9. The van der Waals surface area contributed by atoms with Gasteiger partial charge in [0, 0.05) is 11.6 Å². The number of ether oxygens (including phenoxy) is 1. The van der Waals surface area contributed by atoms with Gasteiger partial charge in [0.2, 0.25) is 0 Å². The van der Waals surface area contributed by atoms with Crippen molar-refractivity contribution in [3.8, 4) is 0 Å². The van der Waals surface area contributed by atoms with E-state index in [2.05, 4.69) is 5.32 Å². The Labute approximate surface area is 134 Å². The van der Waals surface area contributed by atoms with Crippen molar-refractivity contribution >= 4 is 6.09 Å². The fraction of sp³-hybridized carbons (Fsp3) is 0.941. The van der Waals surface area contributed by atoms with Crippen LogP contribution in [0.4, 0.5) is 4.79 Å². The van der Waals surface area contributed by atoms with E-state index >= 15 is 0 Å². The molecule has 0 aromatic heterocycles. The van der Waals surface area contributed by atoms with E-state index in [0.717, 1.165) is 51.4 Å². The Morgan fingerprint density at radius 2 is 1.86 bits per heavy atom. The number of nitrogens with two attached hydrogens (primary N) is 1. The van der Waals surface area contributed by atoms with Crippen LogP contribution in [0.1, 0.15) is 72.1 Å². The number of rotatable bonds is 2. The lowest BCUT2D eigenvalue weighted by molar-refractivity contribution is 0.0418. The van der Waals surface area contributed by atoms with Crippen LogP contribution in [-0.2, 0) is 4.74 Å². The molecule has 5 heteroatoms. The summed E-state index contributed by atoms with van der Waals surface area (Å²) in [6.45, 7) is 5.62. The first-order valence-corrected chi connectivity index (χ1v) is 8.64. The van der Waals surface area contributed by atoms with Crippen molar-refractivity contribution in [2.24, 2.45) is 11.7 Å². The van der Waals surface area contributed by atoms with Gasteiger partial charge in [-0.25, -0.2) is 4.79 Å². The predicted molar refractivity (Wildman–Crippen MR) is 86.5 cm³/mol. The smallest absolute Gasteiger partial charge is 0.407 e. The Morgan fingerprint density at radius 1 is 1.23 bits per heavy atom. The van der Waals surface area contributed by atoms with Crippen molar-refractivity contribution in [1.29, 1.82) is 0 Å². The first-order valence-electron chi connectivity index (χ1n) is 8.64. The molecule has 2 atom stereocenters. The summed E-state index contributed by atoms with van der Waals surface area (Å²) >= 11 is 0. The minimum atomic E-state index is -0.466. The predicted octanol–water partition coefficient (Wildman–Crippen LogP) is 2.70. The van der Waals surface area contributed by atoms with Gasteiger partial charge in [0.05, 0.1) is 6.10 Å². The molecule has 0 aromatic carbocycles. The second-order valence-electron chi connectivity index (χ2n) is 8.17. The standard InChI is InChI=1S/C17H32N2O3/c1-16(2,3)22-15(21)19-13-6-4-5-12(11-13)17(18)9-7-14(20)8-10-17/h12-14,20H,4-11,18H2,1-3H3,(H,19,21)/t12?,13-,14?,17?/m1/s1. The summed E-state index contributed by atoms with van der Waals surface area (Å²) in [6.07, 6.45) is 7.00. The third-order valence-corrected chi connectivity index (χ3v) is 5.09. The summed E-state index contributed by atoms with van der Waals surface area (Å²) in [5, 5.41) is 12.7. The van der Waals surface area contributed by atoms with Crippen LogP contribution in [0.2, 0.25) is 0 Å². The molecule has 0 aromatic rings. The molecule has 0 saturated heterocycles. The number of nitrogens with one attached hydrogen (secondary N) is 1. The maximum absolute atomic E-state index is 11.9. The highest BCUT2D eigenvalue weighted by Gasteiger charge is 2.40. The van der Waals surface area contributed by atoms with Crippen LogP contribution < -0.4 is 11.1 Å². The molecule has 0 radical (unpaired) electrons. The molecule has 0 aliphatic heterocycles. The van der Waals surface area contributed by atoms with Crippen LogP contribution in [-0.4, -0.2) is 34.5 Å². The van der Waals surface area contributed by atoms with Crippen LogP contribution in [0, 0.1) is 5.92 Å². The lowest BCUT2D eigenvalue weighted by atomic mass is 9.67. The topological polar surface area (TPSA) is 84.6 Å². The maximum Gasteiger partial charge on any atom is 0.407 e. The average molecular weight is 312 g/mol. The summed E-state index contributed by atoms with van der Waals surface area (Å²) < 4.78 is 5.35. The zero-order chi connectivity index (χ0) is 16.4. The Morgan fingerprint density at radius 3 is 2.45 bits per heavy atom. The number of alkyl carbamates (subject to hydrolysis) is 1. The van der Waals surface area contributed by atoms with E-state index in [1.807, 2.05) is 20.8 Å². The molecule has 2 aliphatic carbocycles. The van der Waals surface area contributed by atoms with Gasteiger partial charge in [-0.1, -0.05) is 6.42 Å². The minimum absolute atomic E-state index is 0.154. The molecule has 128 valence electrons. The molecular weight excluding hydrogens is 280 g/mol. The van der Waals surface area contributed by atoms with Gasteiger partial charge in [-0.15, -0.1) is 0 Å². The van der Waals surface area contributed by atoms with Crippen molar-refractivity contribution in [2.75, 3.05) is 0 Å². The van der Waals surface area contributed by atoms with Crippen LogP contribution in [0.3, 0.4) is 0 Å². The molecule has 5 nitrogen and oxygen atoms in total. The third-order valence-electron chi connectivity index (χ3n) is 5.09. The summed E-state index contributed by atoms with van der Waals surface area (Å²) in [6, 6.07) is 0.154. The zero-order valence-electron chi connectivity index (χ0n) is 14.2. The number of hydrogen-bond donors (Lipinski definition) is 3. The first-order chi connectivity index (χ1) is 10.2. The Bertz CT molecular complexity index is 384. The van der Waals surface area contributed by atoms with E-state index in [0.29, 0.717) is 5.92 Å². The lowest BCUT2D eigenvalue weighted by Gasteiger charge is -2.45. The van der Waals surface area contributed by atoms with E-state index in [4.69, 9.17) is 10.5 Å². The molecule has 4 N–H and O–H groups in total. The van der Waals surface area contributed by atoms with Crippen LogP contribution >= 0.6 is 0 Å². The maximum atomic E-state index is 11.9. The van der Waals surface area contributed by atoms with Gasteiger partial charge in [0.15, 0.2) is 0 Å². The number of carbonyl (C=O) groups excluding carboxylic acids is 1. The van der Waals surface area contributed by atoms with E-state index < -0.39 is 5.60 Å². The largest absolute Gasteiger partial charge is 0.444 e. The average Bonchev–Trinajstić information content (AvgIpc) is 2.40. The van der Waals surface area contributed by atoms with Gasteiger partial charge in [-0.3, -0.25) is 0 Å². The van der Waals surface area contributed by atoms with Crippen molar-refractivity contribution in [3.63, 3.8) is 0 Å². The van der Waals surface area contributed by atoms with Gasteiger partial charge in [0.25, 0.3) is 0 Å². The molecule has 2 fully saturated rings. The fourth-order valence-corrected chi connectivity index (χ4v) is 3.87. The van der Waals surface area contributed by atoms with Gasteiger partial charge < -0.3 is 20.9 Å². The number of aliphatic hydroxyl groups excluding tert-OH is 1. The van der Waals surface area contributed by atoms with E-state index in [1.54, 1.807) is 0 Å². The normalized spacial score (nSPS) is 36.7. The number of carbonyl (C=O) groups is 1. The summed E-state index contributed by atoms with van der Waals surface area (Å²) in [5.41, 5.74) is 6.00. The first kappa shape index (κ1) is 17.5. The second kappa shape index (κ2) is 6.75. The van der Waals surface area contributed by atoms with E-state index in [1.165, 1.54) is 0 Å². The highest BCUT2D eigenvalue weighted by atomic mass is 16.6.